The number of nitrogens with zero attached hydrogens (tertiary/aromatic N) is 2. The topological polar surface area (TPSA) is 64.7 Å². The van der Waals surface area contributed by atoms with Crippen molar-refractivity contribution in [3.8, 4) is 0 Å². The lowest BCUT2D eigenvalue weighted by Crippen LogP contribution is -2.41. The maximum absolute atomic E-state index is 12.5. The molecule has 2 aromatic rings. The van der Waals surface area contributed by atoms with E-state index in [-0.39, 0.29) is 6.04 Å². The number of carbonyl (C=O) groups excluding carboxylic acids is 2. The van der Waals surface area contributed by atoms with Crippen LogP contribution in [-0.2, 0) is 16.0 Å². The summed E-state index contributed by atoms with van der Waals surface area (Å²) in [6, 6.07) is 14.2. The van der Waals surface area contributed by atoms with Gasteiger partial charge in [0.2, 0.25) is 0 Å². The van der Waals surface area contributed by atoms with Gasteiger partial charge in [0.25, 0.3) is 0 Å². The molecule has 2 aliphatic heterocycles. The van der Waals surface area contributed by atoms with Gasteiger partial charge in [0, 0.05) is 36.4 Å². The smallest absolute Gasteiger partial charge is 0.313 e. The zero-order valence-corrected chi connectivity index (χ0v) is 19.0. The highest BCUT2D eigenvalue weighted by molar-refractivity contribution is 7.98. The van der Waals surface area contributed by atoms with E-state index in [2.05, 4.69) is 45.7 Å². The molecule has 1 unspecified atom stereocenters. The fourth-order valence-electron chi connectivity index (χ4n) is 4.46. The number of rotatable bonds is 6. The number of anilines is 2. The average Bonchev–Trinajstić information content (AvgIpc) is 3.44. The second kappa shape index (κ2) is 9.75. The molecule has 1 atom stereocenters. The number of fused-ring (bicyclic) bond motifs is 1. The molecular weight excluding hydrogens is 408 g/mol. The number of benzene rings is 2. The fraction of sp³-hybridized carbons (Fsp3) is 0.417. The van der Waals surface area contributed by atoms with Crippen LogP contribution in [0.15, 0.2) is 47.4 Å². The molecule has 0 aromatic heterocycles. The van der Waals surface area contributed by atoms with Gasteiger partial charge in [-0.2, -0.15) is 0 Å². The van der Waals surface area contributed by atoms with Crippen LogP contribution < -0.4 is 15.5 Å². The number of thioether (sulfide) groups is 1. The fourth-order valence-corrected chi connectivity index (χ4v) is 4.92. The zero-order valence-electron chi connectivity index (χ0n) is 18.2. The van der Waals surface area contributed by atoms with Crippen LogP contribution >= 0.6 is 11.8 Å². The van der Waals surface area contributed by atoms with Crippen LogP contribution in [0.2, 0.25) is 0 Å². The van der Waals surface area contributed by atoms with Gasteiger partial charge in [-0.25, -0.2) is 0 Å². The molecule has 2 amide bonds. The van der Waals surface area contributed by atoms with E-state index in [9.17, 15) is 9.59 Å². The van der Waals surface area contributed by atoms with Gasteiger partial charge >= 0.3 is 11.8 Å². The molecule has 4 rings (SSSR count). The first kappa shape index (κ1) is 21.7. The minimum absolute atomic E-state index is 0.0790. The van der Waals surface area contributed by atoms with Gasteiger partial charge < -0.3 is 15.5 Å². The number of hydrogen-bond donors (Lipinski definition) is 2. The number of amides is 2. The molecule has 2 aromatic carbocycles. The lowest BCUT2D eigenvalue weighted by molar-refractivity contribution is -0.136. The third-order valence-corrected chi connectivity index (χ3v) is 6.91. The summed E-state index contributed by atoms with van der Waals surface area (Å²) in [6.07, 6.45) is 5.37. The SMILES string of the molecule is CSc1cccc(NC(=O)C(=O)NCC(c2ccc3c(c2)CCN3C)N2CCCC2)c1. The molecule has 1 saturated heterocycles. The minimum atomic E-state index is -0.631. The quantitative estimate of drug-likeness (QED) is 0.535. The van der Waals surface area contributed by atoms with E-state index in [1.165, 1.54) is 29.7 Å². The molecule has 0 spiro atoms. The average molecular weight is 439 g/mol. The van der Waals surface area contributed by atoms with E-state index in [1.807, 2.05) is 24.5 Å². The normalized spacial score (nSPS) is 16.8. The predicted molar refractivity (Wildman–Crippen MR) is 127 cm³/mol. The van der Waals surface area contributed by atoms with Crippen molar-refractivity contribution in [2.45, 2.75) is 30.2 Å². The van der Waals surface area contributed by atoms with Gasteiger partial charge in [-0.3, -0.25) is 14.5 Å². The second-order valence-corrected chi connectivity index (χ2v) is 9.09. The molecule has 0 bridgehead atoms. The van der Waals surface area contributed by atoms with E-state index in [0.717, 1.165) is 31.0 Å². The molecule has 0 saturated carbocycles. The Kier molecular flexibility index (Phi) is 6.83. The Morgan fingerprint density at radius 2 is 1.87 bits per heavy atom. The highest BCUT2D eigenvalue weighted by atomic mass is 32.2. The van der Waals surface area contributed by atoms with Crippen molar-refractivity contribution >= 4 is 35.0 Å². The lowest BCUT2D eigenvalue weighted by Gasteiger charge is -2.28. The predicted octanol–water partition coefficient (Wildman–Crippen LogP) is 3.29. The molecule has 164 valence electrons. The summed E-state index contributed by atoms with van der Waals surface area (Å²) in [5, 5.41) is 5.58. The monoisotopic (exact) mass is 438 g/mol. The lowest BCUT2D eigenvalue weighted by atomic mass is 10.0. The van der Waals surface area contributed by atoms with Crippen molar-refractivity contribution in [2.75, 3.05) is 49.7 Å². The van der Waals surface area contributed by atoms with E-state index in [0.29, 0.717) is 12.2 Å². The first-order valence-corrected chi connectivity index (χ1v) is 12.1. The van der Waals surface area contributed by atoms with Crippen molar-refractivity contribution in [1.29, 1.82) is 0 Å². The molecule has 7 heteroatoms. The third kappa shape index (κ3) is 5.05. The van der Waals surface area contributed by atoms with Gasteiger partial charge in [0.05, 0.1) is 6.04 Å². The summed E-state index contributed by atoms with van der Waals surface area (Å²) in [4.78, 5) is 30.7. The molecule has 0 aliphatic carbocycles. The highest BCUT2D eigenvalue weighted by Gasteiger charge is 2.27. The maximum Gasteiger partial charge on any atom is 0.313 e. The van der Waals surface area contributed by atoms with Crippen LogP contribution in [0.4, 0.5) is 11.4 Å². The van der Waals surface area contributed by atoms with Crippen LogP contribution in [-0.4, -0.2) is 56.2 Å². The number of hydrogen-bond acceptors (Lipinski definition) is 5. The van der Waals surface area contributed by atoms with E-state index in [4.69, 9.17) is 0 Å². The standard InChI is InChI=1S/C24H30N4O2S/c1-27-13-10-18-14-17(8-9-21(18)27)22(28-11-3-4-12-28)16-25-23(29)24(30)26-19-6-5-7-20(15-19)31-2/h5-9,14-15,22H,3-4,10-13,16H2,1-2H3,(H,25,29)(H,26,30). The van der Waals surface area contributed by atoms with E-state index >= 15 is 0 Å². The van der Waals surface area contributed by atoms with E-state index < -0.39 is 11.8 Å². The molecule has 2 aliphatic rings. The number of likely N-dealkylation sites (tertiary alicyclic amines) is 1. The molecule has 6 nitrogen and oxygen atoms in total. The number of carbonyl (C=O) groups is 2. The third-order valence-electron chi connectivity index (χ3n) is 6.19. The highest BCUT2D eigenvalue weighted by Crippen LogP contribution is 2.32. The van der Waals surface area contributed by atoms with Crippen molar-refractivity contribution in [1.82, 2.24) is 10.2 Å². The summed E-state index contributed by atoms with van der Waals surface area (Å²) < 4.78 is 0. The Labute approximate surface area is 188 Å². The van der Waals surface area contributed by atoms with Crippen molar-refractivity contribution in [2.24, 2.45) is 0 Å². The Morgan fingerprint density at radius 1 is 1.06 bits per heavy atom. The summed E-state index contributed by atoms with van der Waals surface area (Å²) in [6.45, 7) is 3.50. The largest absolute Gasteiger partial charge is 0.374 e. The maximum atomic E-state index is 12.5. The summed E-state index contributed by atoms with van der Waals surface area (Å²) in [7, 11) is 2.12. The molecule has 31 heavy (non-hydrogen) atoms. The van der Waals surface area contributed by atoms with Gasteiger partial charge in [0.15, 0.2) is 0 Å². The van der Waals surface area contributed by atoms with Gasteiger partial charge in [-0.1, -0.05) is 18.2 Å². The van der Waals surface area contributed by atoms with Crippen molar-refractivity contribution < 1.29 is 9.59 Å². The Balaban J connectivity index is 1.43. The second-order valence-electron chi connectivity index (χ2n) is 8.21. The summed E-state index contributed by atoms with van der Waals surface area (Å²) in [5.74, 6) is -1.23. The van der Waals surface area contributed by atoms with E-state index in [1.54, 1.807) is 17.8 Å². The molecule has 2 N–H and O–H groups in total. The number of nitrogens with one attached hydrogen (secondary N) is 2. The van der Waals surface area contributed by atoms with Crippen LogP contribution in [0.5, 0.6) is 0 Å². The zero-order chi connectivity index (χ0) is 21.8. The Morgan fingerprint density at radius 3 is 2.65 bits per heavy atom. The molecule has 2 heterocycles. The van der Waals surface area contributed by atoms with Crippen LogP contribution in [0.25, 0.3) is 0 Å². The minimum Gasteiger partial charge on any atom is -0.374 e. The van der Waals surface area contributed by atoms with Crippen LogP contribution in [0.1, 0.15) is 30.0 Å². The molecule has 0 radical (unpaired) electrons. The Hall–Kier alpha value is -2.51. The van der Waals surface area contributed by atoms with Crippen molar-refractivity contribution in [3.05, 3.63) is 53.6 Å². The van der Waals surface area contributed by atoms with Gasteiger partial charge in [-0.05, 0) is 74.0 Å². The van der Waals surface area contributed by atoms with Gasteiger partial charge in [-0.15, -0.1) is 11.8 Å². The first-order chi connectivity index (χ1) is 15.0. The first-order valence-electron chi connectivity index (χ1n) is 10.9. The molecular formula is C24H30N4O2S. The van der Waals surface area contributed by atoms with Crippen molar-refractivity contribution in [3.63, 3.8) is 0 Å². The Bertz CT molecular complexity index is 958. The summed E-state index contributed by atoms with van der Waals surface area (Å²) in [5.41, 5.74) is 4.50. The van der Waals surface area contributed by atoms with Crippen LogP contribution in [0.3, 0.4) is 0 Å². The van der Waals surface area contributed by atoms with Crippen LogP contribution in [0, 0.1) is 0 Å². The summed E-state index contributed by atoms with van der Waals surface area (Å²) >= 11 is 1.59. The number of likely N-dealkylation sites (N-methyl/N-ethyl adjacent to an activating group) is 1. The molecule has 1 fully saturated rings. The van der Waals surface area contributed by atoms with Gasteiger partial charge in [0.1, 0.15) is 0 Å².